The van der Waals surface area contributed by atoms with Gasteiger partial charge < -0.3 is 20.7 Å². The van der Waals surface area contributed by atoms with Crippen molar-refractivity contribution in [3.05, 3.63) is 28.8 Å². The van der Waals surface area contributed by atoms with Gasteiger partial charge in [0.15, 0.2) is 0 Å². The van der Waals surface area contributed by atoms with Crippen LogP contribution in [0.2, 0.25) is 5.02 Å². The van der Waals surface area contributed by atoms with Crippen molar-refractivity contribution in [2.75, 3.05) is 13.1 Å². The lowest BCUT2D eigenvalue weighted by Gasteiger charge is -2.33. The lowest BCUT2D eigenvalue weighted by molar-refractivity contribution is -0.133. The Balaban J connectivity index is 1.54. The van der Waals surface area contributed by atoms with Gasteiger partial charge in [-0.05, 0) is 38.0 Å². The second kappa shape index (κ2) is 8.93. The minimum atomic E-state index is -0.472. The topological polar surface area (TPSA) is 84.7 Å². The summed E-state index contributed by atoms with van der Waals surface area (Å²) in [6.45, 7) is 2.96. The Morgan fingerprint density at radius 1 is 1.22 bits per heavy atom. The molecule has 1 aliphatic heterocycles. The average Bonchev–Trinajstić information content (AvgIpc) is 3.16. The van der Waals surface area contributed by atoms with Crippen molar-refractivity contribution in [1.82, 2.24) is 10.2 Å². The lowest BCUT2D eigenvalue weighted by atomic mass is 10.1. The molecule has 1 aromatic rings. The molecule has 7 heteroatoms. The number of likely N-dealkylation sites (tertiary alicyclic amines) is 1. The summed E-state index contributed by atoms with van der Waals surface area (Å²) in [6.07, 6.45) is 5.91. The van der Waals surface area contributed by atoms with Gasteiger partial charge >= 0.3 is 0 Å². The molecule has 0 unspecified atom stereocenters. The van der Waals surface area contributed by atoms with E-state index in [1.807, 2.05) is 0 Å². The molecule has 27 heavy (non-hydrogen) atoms. The van der Waals surface area contributed by atoms with E-state index in [1.54, 1.807) is 30.0 Å². The standard InChI is InChI=1S/C20H28ClN3O3/c1-13(22)20(26)24-10-8-16(9-11-24)27-18-7-6-14(12-17(18)21)19(25)23-15-4-2-3-5-15/h6-7,12-13,15-16H,2-5,8-11,22H2,1H3,(H,23,25)/t13-/m0/s1. The van der Waals surface area contributed by atoms with Crippen molar-refractivity contribution in [2.24, 2.45) is 5.73 Å². The smallest absolute Gasteiger partial charge is 0.251 e. The van der Waals surface area contributed by atoms with Crippen LogP contribution >= 0.6 is 11.6 Å². The van der Waals surface area contributed by atoms with E-state index in [2.05, 4.69) is 5.32 Å². The molecule has 1 aliphatic carbocycles. The zero-order valence-electron chi connectivity index (χ0n) is 15.7. The quantitative estimate of drug-likeness (QED) is 0.805. The molecule has 1 saturated carbocycles. The van der Waals surface area contributed by atoms with Gasteiger partial charge in [-0.3, -0.25) is 9.59 Å². The molecule has 1 saturated heterocycles. The molecule has 0 spiro atoms. The maximum Gasteiger partial charge on any atom is 0.251 e. The van der Waals surface area contributed by atoms with Crippen molar-refractivity contribution in [1.29, 1.82) is 0 Å². The molecular weight excluding hydrogens is 366 g/mol. The zero-order chi connectivity index (χ0) is 19.4. The predicted molar refractivity (Wildman–Crippen MR) is 105 cm³/mol. The highest BCUT2D eigenvalue weighted by Crippen LogP contribution is 2.29. The van der Waals surface area contributed by atoms with Gasteiger partial charge in [-0.2, -0.15) is 0 Å². The molecule has 3 N–H and O–H groups in total. The molecule has 2 aliphatic rings. The first kappa shape index (κ1) is 20.0. The minimum Gasteiger partial charge on any atom is -0.489 e. The number of amides is 2. The zero-order valence-corrected chi connectivity index (χ0v) is 16.5. The number of hydrogen-bond acceptors (Lipinski definition) is 4. The predicted octanol–water partition coefficient (Wildman–Crippen LogP) is 2.73. The first-order valence-electron chi connectivity index (χ1n) is 9.75. The number of benzene rings is 1. The van der Waals surface area contributed by atoms with Crippen LogP contribution in [-0.4, -0.2) is 48.0 Å². The number of nitrogens with two attached hydrogens (primary N) is 1. The lowest BCUT2D eigenvalue weighted by Crippen LogP contribution is -2.47. The van der Waals surface area contributed by atoms with Crippen molar-refractivity contribution >= 4 is 23.4 Å². The number of piperidine rings is 1. The summed E-state index contributed by atoms with van der Waals surface area (Å²) in [6, 6.07) is 4.97. The SMILES string of the molecule is C[C@H](N)C(=O)N1CCC(Oc2ccc(C(=O)NC3CCCC3)cc2Cl)CC1. The molecule has 1 atom stereocenters. The molecule has 2 fully saturated rings. The number of carbonyl (C=O) groups is 2. The number of carbonyl (C=O) groups excluding carboxylic acids is 2. The normalized spacial score (nSPS) is 19.7. The van der Waals surface area contributed by atoms with E-state index in [1.165, 1.54) is 12.8 Å². The third-order valence-electron chi connectivity index (χ3n) is 5.32. The maximum atomic E-state index is 12.4. The first-order chi connectivity index (χ1) is 12.9. The molecule has 2 amide bonds. The van der Waals surface area contributed by atoms with E-state index in [4.69, 9.17) is 22.1 Å². The van der Waals surface area contributed by atoms with Crippen LogP contribution in [0.15, 0.2) is 18.2 Å². The monoisotopic (exact) mass is 393 g/mol. The molecule has 0 radical (unpaired) electrons. The second-order valence-electron chi connectivity index (χ2n) is 7.53. The molecule has 0 aromatic heterocycles. The van der Waals surface area contributed by atoms with Gasteiger partial charge in [-0.25, -0.2) is 0 Å². The van der Waals surface area contributed by atoms with Crippen LogP contribution in [-0.2, 0) is 4.79 Å². The third-order valence-corrected chi connectivity index (χ3v) is 5.62. The number of nitrogens with one attached hydrogen (secondary N) is 1. The molecule has 6 nitrogen and oxygen atoms in total. The van der Waals surface area contributed by atoms with E-state index < -0.39 is 6.04 Å². The summed E-state index contributed by atoms with van der Waals surface area (Å²) in [5, 5.41) is 3.50. The summed E-state index contributed by atoms with van der Waals surface area (Å²) < 4.78 is 6.01. The fourth-order valence-corrected chi connectivity index (χ4v) is 3.96. The summed E-state index contributed by atoms with van der Waals surface area (Å²) in [4.78, 5) is 26.1. The van der Waals surface area contributed by atoms with Gasteiger partial charge in [-0.1, -0.05) is 24.4 Å². The molecule has 3 rings (SSSR count). The van der Waals surface area contributed by atoms with E-state index in [9.17, 15) is 9.59 Å². The number of nitrogens with zero attached hydrogens (tertiary/aromatic N) is 1. The van der Waals surface area contributed by atoms with Crippen molar-refractivity contribution in [3.8, 4) is 5.75 Å². The summed E-state index contributed by atoms with van der Waals surface area (Å²) in [7, 11) is 0. The average molecular weight is 394 g/mol. The van der Waals surface area contributed by atoms with Crippen molar-refractivity contribution in [3.63, 3.8) is 0 Å². The van der Waals surface area contributed by atoms with Crippen LogP contribution in [0, 0.1) is 0 Å². The Bertz CT molecular complexity index is 681. The van der Waals surface area contributed by atoms with Gasteiger partial charge in [0.1, 0.15) is 11.9 Å². The van der Waals surface area contributed by atoms with Crippen LogP contribution in [0.25, 0.3) is 0 Å². The van der Waals surface area contributed by atoms with Crippen LogP contribution in [0.3, 0.4) is 0 Å². The summed E-state index contributed by atoms with van der Waals surface area (Å²) in [5.74, 6) is 0.466. The summed E-state index contributed by atoms with van der Waals surface area (Å²) >= 11 is 6.34. The Labute approximate surface area is 165 Å². The number of halogens is 1. The van der Waals surface area contributed by atoms with Crippen LogP contribution < -0.4 is 15.8 Å². The van der Waals surface area contributed by atoms with Crippen molar-refractivity contribution < 1.29 is 14.3 Å². The second-order valence-corrected chi connectivity index (χ2v) is 7.94. The van der Waals surface area contributed by atoms with E-state index in [0.29, 0.717) is 29.4 Å². The molecular formula is C20H28ClN3O3. The number of ether oxygens (including phenoxy) is 1. The molecule has 1 heterocycles. The first-order valence-corrected chi connectivity index (χ1v) is 10.1. The van der Waals surface area contributed by atoms with E-state index >= 15 is 0 Å². The fraction of sp³-hybridized carbons (Fsp3) is 0.600. The van der Waals surface area contributed by atoms with Crippen LogP contribution in [0.1, 0.15) is 55.8 Å². The largest absolute Gasteiger partial charge is 0.489 e. The van der Waals surface area contributed by atoms with Gasteiger partial charge in [0.25, 0.3) is 5.91 Å². The van der Waals surface area contributed by atoms with Gasteiger partial charge in [0.2, 0.25) is 5.91 Å². The van der Waals surface area contributed by atoms with E-state index in [0.717, 1.165) is 25.7 Å². The molecule has 1 aromatic carbocycles. The fourth-order valence-electron chi connectivity index (χ4n) is 3.74. The minimum absolute atomic E-state index is 0.00204. The van der Waals surface area contributed by atoms with Crippen LogP contribution in [0.4, 0.5) is 0 Å². The maximum absolute atomic E-state index is 12.4. The highest BCUT2D eigenvalue weighted by atomic mass is 35.5. The number of hydrogen-bond donors (Lipinski definition) is 2. The van der Waals surface area contributed by atoms with Crippen molar-refractivity contribution in [2.45, 2.75) is 63.6 Å². The highest BCUT2D eigenvalue weighted by molar-refractivity contribution is 6.32. The molecule has 148 valence electrons. The summed E-state index contributed by atoms with van der Waals surface area (Å²) in [5.41, 5.74) is 6.21. The Kier molecular flexibility index (Phi) is 6.60. The third kappa shape index (κ3) is 5.14. The van der Waals surface area contributed by atoms with Gasteiger partial charge in [0.05, 0.1) is 11.1 Å². The van der Waals surface area contributed by atoms with Crippen LogP contribution in [0.5, 0.6) is 5.75 Å². The number of rotatable bonds is 5. The highest BCUT2D eigenvalue weighted by Gasteiger charge is 2.26. The Hall–Kier alpha value is -1.79. The molecule has 0 bridgehead atoms. The van der Waals surface area contributed by atoms with Gasteiger partial charge in [0, 0.05) is 37.5 Å². The Morgan fingerprint density at radius 3 is 2.48 bits per heavy atom. The Morgan fingerprint density at radius 2 is 1.89 bits per heavy atom. The van der Waals surface area contributed by atoms with E-state index in [-0.39, 0.29) is 24.0 Å². The van der Waals surface area contributed by atoms with Gasteiger partial charge in [-0.15, -0.1) is 0 Å².